The van der Waals surface area contributed by atoms with Gasteiger partial charge >= 0.3 is 6.03 Å². The number of urea groups is 1. The first kappa shape index (κ1) is 22.9. The minimum atomic E-state index is -0.326. The molecule has 0 bridgehead atoms. The number of carbonyl (C=O) groups excluding carboxylic acids is 2. The molecule has 5 rings (SSSR count). The van der Waals surface area contributed by atoms with Crippen LogP contribution in [0, 0.1) is 0 Å². The van der Waals surface area contributed by atoms with Gasteiger partial charge in [-0.05, 0) is 62.3 Å². The van der Waals surface area contributed by atoms with Crippen LogP contribution >= 0.6 is 0 Å². The summed E-state index contributed by atoms with van der Waals surface area (Å²) in [6.07, 6.45) is 4.18. The Morgan fingerprint density at radius 1 is 1.06 bits per heavy atom. The van der Waals surface area contributed by atoms with E-state index in [9.17, 15) is 9.59 Å². The molecule has 2 aromatic carbocycles. The number of rotatable bonds is 7. The minimum Gasteiger partial charge on any atom is -0.457 e. The Bertz CT molecular complexity index is 1140. The predicted molar refractivity (Wildman–Crippen MR) is 130 cm³/mol. The number of hydrogen-bond donors (Lipinski definition) is 3. The second kappa shape index (κ2) is 10.6. The third-order valence-electron chi connectivity index (χ3n) is 6.26. The number of amides is 3. The molecule has 0 saturated carbocycles. The molecule has 0 aliphatic carbocycles. The van der Waals surface area contributed by atoms with Gasteiger partial charge in [0, 0.05) is 18.7 Å². The van der Waals surface area contributed by atoms with Crippen LogP contribution in [0.1, 0.15) is 31.0 Å². The number of aromatic nitrogens is 3. The smallest absolute Gasteiger partial charge is 0.315 e. The molecule has 2 aliphatic heterocycles. The fourth-order valence-electron chi connectivity index (χ4n) is 4.42. The fourth-order valence-corrected chi connectivity index (χ4v) is 4.42. The molecule has 3 heterocycles. The summed E-state index contributed by atoms with van der Waals surface area (Å²) in [4.78, 5) is 26.7. The summed E-state index contributed by atoms with van der Waals surface area (Å²) in [5.41, 5.74) is 1.48. The quantitative estimate of drug-likeness (QED) is 0.484. The van der Waals surface area contributed by atoms with Crippen molar-refractivity contribution in [3.63, 3.8) is 0 Å². The topological polar surface area (TPSA) is 113 Å². The zero-order chi connectivity index (χ0) is 24.0. The summed E-state index contributed by atoms with van der Waals surface area (Å²) < 4.78 is 7.70. The molecule has 1 unspecified atom stereocenters. The van der Waals surface area contributed by atoms with Crippen molar-refractivity contribution in [3.05, 3.63) is 66.5 Å². The summed E-state index contributed by atoms with van der Waals surface area (Å²) in [7, 11) is 0. The summed E-state index contributed by atoms with van der Waals surface area (Å²) >= 11 is 0. The van der Waals surface area contributed by atoms with E-state index in [1.807, 2.05) is 65.5 Å². The standard InChI is InChI=1S/C25H29N7O3/c33-24-14-18(16-31(24)20-6-8-23(9-7-20)35-22-4-2-1-3-5-22)28-25(34)27-15-19-17-32(30-29-19)21-10-12-26-13-11-21/h1-9,17-18,21,26H,10-16H2,(H2,27,28,34). The van der Waals surface area contributed by atoms with Gasteiger partial charge in [0.05, 0.1) is 24.8 Å². The van der Waals surface area contributed by atoms with Gasteiger partial charge in [-0.15, -0.1) is 5.10 Å². The van der Waals surface area contributed by atoms with Gasteiger partial charge in [0.2, 0.25) is 5.91 Å². The third-order valence-corrected chi connectivity index (χ3v) is 6.26. The molecule has 3 amide bonds. The number of hydrogen-bond acceptors (Lipinski definition) is 6. The van der Waals surface area contributed by atoms with Crippen LogP contribution in [0.5, 0.6) is 11.5 Å². The van der Waals surface area contributed by atoms with Crippen LogP contribution in [0.3, 0.4) is 0 Å². The van der Waals surface area contributed by atoms with Gasteiger partial charge in [0.25, 0.3) is 0 Å². The van der Waals surface area contributed by atoms with E-state index in [1.165, 1.54) is 0 Å². The average molecular weight is 476 g/mol. The molecular weight excluding hydrogens is 446 g/mol. The number of para-hydroxylation sites is 1. The maximum Gasteiger partial charge on any atom is 0.315 e. The molecule has 2 fully saturated rings. The molecule has 10 nitrogen and oxygen atoms in total. The van der Waals surface area contributed by atoms with Crippen LogP contribution in [0.2, 0.25) is 0 Å². The van der Waals surface area contributed by atoms with Gasteiger partial charge in [-0.3, -0.25) is 4.79 Å². The van der Waals surface area contributed by atoms with Crippen molar-refractivity contribution in [3.8, 4) is 11.5 Å². The molecule has 2 aliphatic rings. The molecule has 182 valence electrons. The first-order chi connectivity index (χ1) is 17.1. The van der Waals surface area contributed by atoms with Gasteiger partial charge in [-0.25, -0.2) is 9.48 Å². The van der Waals surface area contributed by atoms with Gasteiger partial charge in [0.15, 0.2) is 0 Å². The number of nitrogens with one attached hydrogen (secondary N) is 3. The van der Waals surface area contributed by atoms with Crippen molar-refractivity contribution in [2.75, 3.05) is 24.5 Å². The summed E-state index contributed by atoms with van der Waals surface area (Å²) in [5, 5.41) is 17.4. The van der Waals surface area contributed by atoms with Crippen molar-refractivity contribution in [1.29, 1.82) is 0 Å². The number of ether oxygens (including phenoxy) is 1. The van der Waals surface area contributed by atoms with E-state index in [-0.39, 0.29) is 30.9 Å². The average Bonchev–Trinajstić information content (AvgIpc) is 3.51. The van der Waals surface area contributed by atoms with Gasteiger partial charge in [-0.2, -0.15) is 0 Å². The Labute approximate surface area is 203 Å². The monoisotopic (exact) mass is 475 g/mol. The molecule has 2 saturated heterocycles. The highest BCUT2D eigenvalue weighted by atomic mass is 16.5. The van der Waals surface area contributed by atoms with E-state index >= 15 is 0 Å². The highest BCUT2D eigenvalue weighted by molar-refractivity contribution is 5.96. The third kappa shape index (κ3) is 5.78. The molecule has 1 aromatic heterocycles. The van der Waals surface area contributed by atoms with Crippen molar-refractivity contribution in [2.24, 2.45) is 0 Å². The fraction of sp³-hybridized carbons (Fsp3) is 0.360. The Morgan fingerprint density at radius 3 is 2.57 bits per heavy atom. The predicted octanol–water partition coefficient (Wildman–Crippen LogP) is 2.60. The largest absolute Gasteiger partial charge is 0.457 e. The highest BCUT2D eigenvalue weighted by Gasteiger charge is 2.31. The number of nitrogens with zero attached hydrogens (tertiary/aromatic N) is 4. The van der Waals surface area contributed by atoms with Crippen LogP contribution < -0.4 is 25.6 Å². The second-order valence-corrected chi connectivity index (χ2v) is 8.81. The molecule has 3 aromatic rings. The van der Waals surface area contributed by atoms with Crippen LogP contribution in [0.15, 0.2) is 60.8 Å². The molecule has 0 spiro atoms. The van der Waals surface area contributed by atoms with E-state index in [0.29, 0.717) is 24.0 Å². The number of benzene rings is 2. The summed E-state index contributed by atoms with van der Waals surface area (Å²) in [5.74, 6) is 1.41. The van der Waals surface area contributed by atoms with Gasteiger partial charge < -0.3 is 25.6 Å². The van der Waals surface area contributed by atoms with Crippen molar-refractivity contribution in [1.82, 2.24) is 30.9 Å². The zero-order valence-corrected chi connectivity index (χ0v) is 19.4. The first-order valence-electron chi connectivity index (χ1n) is 11.9. The summed E-state index contributed by atoms with van der Waals surface area (Å²) in [6, 6.07) is 16.6. The lowest BCUT2D eigenvalue weighted by Crippen LogP contribution is -2.43. The summed E-state index contributed by atoms with van der Waals surface area (Å²) in [6.45, 7) is 2.65. The van der Waals surface area contributed by atoms with E-state index in [4.69, 9.17) is 4.74 Å². The lowest BCUT2D eigenvalue weighted by atomic mass is 10.1. The SMILES string of the molecule is O=C(NCc1cn(C2CCNCC2)nn1)NC1CC(=O)N(c2ccc(Oc3ccccc3)cc2)C1. The molecular formula is C25H29N7O3. The van der Waals surface area contributed by atoms with Crippen molar-refractivity contribution < 1.29 is 14.3 Å². The lowest BCUT2D eigenvalue weighted by Gasteiger charge is -2.22. The van der Waals surface area contributed by atoms with E-state index in [1.54, 1.807) is 4.90 Å². The molecule has 1 atom stereocenters. The van der Waals surface area contributed by atoms with Crippen LogP contribution in [0.4, 0.5) is 10.5 Å². The van der Waals surface area contributed by atoms with Crippen molar-refractivity contribution >= 4 is 17.6 Å². The second-order valence-electron chi connectivity index (χ2n) is 8.81. The molecule has 3 N–H and O–H groups in total. The Balaban J connectivity index is 1.09. The maximum absolute atomic E-state index is 12.6. The Hall–Kier alpha value is -3.92. The molecule has 0 radical (unpaired) electrons. The minimum absolute atomic E-state index is 0.0306. The van der Waals surface area contributed by atoms with Gasteiger partial charge in [0.1, 0.15) is 17.2 Å². The van der Waals surface area contributed by atoms with Crippen molar-refractivity contribution in [2.45, 2.75) is 37.9 Å². The number of carbonyl (C=O) groups is 2. The molecule has 35 heavy (non-hydrogen) atoms. The first-order valence-corrected chi connectivity index (χ1v) is 11.9. The van der Waals surface area contributed by atoms with Gasteiger partial charge in [-0.1, -0.05) is 23.4 Å². The van der Waals surface area contributed by atoms with E-state index in [0.717, 1.165) is 37.4 Å². The Kier molecular flexibility index (Phi) is 6.89. The normalized spacial score (nSPS) is 18.5. The maximum atomic E-state index is 12.6. The van der Waals surface area contributed by atoms with E-state index < -0.39 is 0 Å². The lowest BCUT2D eigenvalue weighted by molar-refractivity contribution is -0.117. The van der Waals surface area contributed by atoms with E-state index in [2.05, 4.69) is 26.3 Å². The number of anilines is 1. The van der Waals surface area contributed by atoms with Crippen LogP contribution in [-0.2, 0) is 11.3 Å². The Morgan fingerprint density at radius 2 is 1.80 bits per heavy atom. The number of piperidine rings is 1. The van der Waals surface area contributed by atoms with Crippen LogP contribution in [-0.4, -0.2) is 52.6 Å². The zero-order valence-electron chi connectivity index (χ0n) is 19.4. The van der Waals surface area contributed by atoms with Crippen LogP contribution in [0.25, 0.3) is 0 Å². The highest BCUT2D eigenvalue weighted by Crippen LogP contribution is 2.27. The molecule has 10 heteroatoms.